The molecule has 0 rings (SSSR count). The molecule has 0 heterocycles. The molecule has 0 bridgehead atoms. The fourth-order valence-electron chi connectivity index (χ4n) is 0.911. The van der Waals surface area contributed by atoms with E-state index in [0.29, 0.717) is 13.2 Å². The number of carbonyl (C=O) groups is 2. The van der Waals surface area contributed by atoms with E-state index in [4.69, 9.17) is 16.3 Å². The summed E-state index contributed by atoms with van der Waals surface area (Å²) in [6.45, 7) is 1.14. The zero-order chi connectivity index (χ0) is 11.7. The van der Waals surface area contributed by atoms with Gasteiger partial charge in [-0.15, -0.1) is 11.6 Å². The molecule has 88 valence electrons. The molecule has 0 aromatic heterocycles. The first-order valence-corrected chi connectivity index (χ1v) is 5.25. The van der Waals surface area contributed by atoms with Gasteiger partial charge in [0.1, 0.15) is 0 Å². The molecule has 1 N–H and O–H groups in total. The van der Waals surface area contributed by atoms with E-state index in [9.17, 15) is 9.59 Å². The Bertz CT molecular complexity index is 212. The van der Waals surface area contributed by atoms with Gasteiger partial charge in [0, 0.05) is 39.6 Å². The third kappa shape index (κ3) is 7.16. The van der Waals surface area contributed by atoms with Crippen molar-refractivity contribution >= 4 is 23.5 Å². The van der Waals surface area contributed by atoms with Gasteiger partial charge in [-0.05, 0) is 6.42 Å². The van der Waals surface area contributed by atoms with Crippen LogP contribution in [0.25, 0.3) is 0 Å². The van der Waals surface area contributed by atoms with E-state index in [-0.39, 0.29) is 18.2 Å². The second-order valence-electron chi connectivity index (χ2n) is 3.06. The second kappa shape index (κ2) is 8.49. The monoisotopic (exact) mass is 236 g/mol. The lowest BCUT2D eigenvalue weighted by Gasteiger charge is -2.16. The summed E-state index contributed by atoms with van der Waals surface area (Å²) in [4.78, 5) is 23.8. The van der Waals surface area contributed by atoms with E-state index >= 15 is 0 Å². The van der Waals surface area contributed by atoms with Crippen LogP contribution in [0.2, 0.25) is 0 Å². The van der Waals surface area contributed by atoms with Gasteiger partial charge in [0.2, 0.25) is 5.91 Å². The predicted molar refractivity (Wildman–Crippen MR) is 58.0 cm³/mol. The van der Waals surface area contributed by atoms with Gasteiger partial charge in [0.05, 0.1) is 0 Å². The van der Waals surface area contributed by atoms with Crippen molar-refractivity contribution in [2.24, 2.45) is 0 Å². The van der Waals surface area contributed by atoms with E-state index in [2.05, 4.69) is 5.32 Å². The highest BCUT2D eigenvalue weighted by molar-refractivity contribution is 6.19. The zero-order valence-electron chi connectivity index (χ0n) is 9.09. The van der Waals surface area contributed by atoms with Crippen LogP contribution in [0.15, 0.2) is 0 Å². The standard InChI is InChI=1S/C9H17ClN2O3/c1-12(6-3-7-15-2)9(14)11-8(13)4-5-10/h3-7H2,1-2H3,(H,11,13,14). The van der Waals surface area contributed by atoms with E-state index in [0.717, 1.165) is 6.42 Å². The highest BCUT2D eigenvalue weighted by Crippen LogP contribution is 1.91. The van der Waals surface area contributed by atoms with E-state index in [1.54, 1.807) is 14.2 Å². The lowest BCUT2D eigenvalue weighted by atomic mass is 10.4. The molecule has 0 aromatic rings. The minimum Gasteiger partial charge on any atom is -0.385 e. The molecule has 0 aliphatic heterocycles. The number of methoxy groups -OCH3 is 1. The van der Waals surface area contributed by atoms with Crippen molar-refractivity contribution in [2.75, 3.05) is 33.2 Å². The minimum absolute atomic E-state index is 0.152. The first kappa shape index (κ1) is 14.2. The second-order valence-corrected chi connectivity index (χ2v) is 3.44. The van der Waals surface area contributed by atoms with Gasteiger partial charge in [-0.25, -0.2) is 4.79 Å². The molecule has 0 aliphatic carbocycles. The Morgan fingerprint density at radius 2 is 2.13 bits per heavy atom. The van der Waals surface area contributed by atoms with Gasteiger partial charge in [-0.1, -0.05) is 0 Å². The SMILES string of the molecule is COCCCN(C)C(=O)NC(=O)CCCl. The van der Waals surface area contributed by atoms with Crippen LogP contribution in [-0.2, 0) is 9.53 Å². The Balaban J connectivity index is 3.73. The van der Waals surface area contributed by atoms with Gasteiger partial charge in [0.15, 0.2) is 0 Å². The number of hydrogen-bond acceptors (Lipinski definition) is 3. The lowest BCUT2D eigenvalue weighted by molar-refractivity contribution is -0.119. The number of nitrogens with one attached hydrogen (secondary N) is 1. The molecule has 0 unspecified atom stereocenters. The molecular formula is C9H17ClN2O3. The number of nitrogens with zero attached hydrogens (tertiary/aromatic N) is 1. The Morgan fingerprint density at radius 3 is 2.67 bits per heavy atom. The van der Waals surface area contributed by atoms with E-state index < -0.39 is 6.03 Å². The normalized spacial score (nSPS) is 9.80. The third-order valence-electron chi connectivity index (χ3n) is 1.76. The van der Waals surface area contributed by atoms with Crippen LogP contribution in [0.3, 0.4) is 0 Å². The van der Waals surface area contributed by atoms with Crippen LogP contribution in [0.1, 0.15) is 12.8 Å². The summed E-state index contributed by atoms with van der Waals surface area (Å²) < 4.78 is 4.85. The molecule has 5 nitrogen and oxygen atoms in total. The average Bonchev–Trinajstić information content (AvgIpc) is 2.18. The summed E-state index contributed by atoms with van der Waals surface area (Å²) in [5.74, 6) is -0.138. The highest BCUT2D eigenvalue weighted by atomic mass is 35.5. The highest BCUT2D eigenvalue weighted by Gasteiger charge is 2.11. The number of alkyl halides is 1. The molecular weight excluding hydrogens is 220 g/mol. The first-order valence-electron chi connectivity index (χ1n) is 4.71. The zero-order valence-corrected chi connectivity index (χ0v) is 9.84. The molecule has 0 spiro atoms. The smallest absolute Gasteiger partial charge is 0.323 e. The first-order chi connectivity index (χ1) is 7.11. The summed E-state index contributed by atoms with van der Waals surface area (Å²) in [6, 6.07) is -0.402. The van der Waals surface area contributed by atoms with Gasteiger partial charge < -0.3 is 9.64 Å². The van der Waals surface area contributed by atoms with Crippen molar-refractivity contribution in [1.82, 2.24) is 10.2 Å². The van der Waals surface area contributed by atoms with Crippen LogP contribution in [0.5, 0.6) is 0 Å². The van der Waals surface area contributed by atoms with Crippen LogP contribution in [-0.4, -0.2) is 50.0 Å². The summed E-state index contributed by atoms with van der Waals surface area (Å²) in [6.07, 6.45) is 0.892. The lowest BCUT2D eigenvalue weighted by Crippen LogP contribution is -2.41. The van der Waals surface area contributed by atoms with Crippen LogP contribution >= 0.6 is 11.6 Å². The molecule has 0 fully saturated rings. The predicted octanol–water partition coefficient (Wildman–Crippen LogP) is 0.820. The number of hydrogen-bond donors (Lipinski definition) is 1. The Morgan fingerprint density at radius 1 is 1.47 bits per heavy atom. The maximum atomic E-state index is 11.3. The molecule has 6 heteroatoms. The summed E-state index contributed by atoms with van der Waals surface area (Å²) in [5, 5.41) is 2.23. The molecule has 0 saturated heterocycles. The molecule has 0 saturated carbocycles. The molecule has 3 amide bonds. The fraction of sp³-hybridized carbons (Fsp3) is 0.778. The maximum Gasteiger partial charge on any atom is 0.323 e. The largest absolute Gasteiger partial charge is 0.385 e. The number of carbonyl (C=O) groups excluding carboxylic acids is 2. The van der Waals surface area contributed by atoms with Gasteiger partial charge in [-0.3, -0.25) is 10.1 Å². The van der Waals surface area contributed by atoms with Crippen LogP contribution in [0.4, 0.5) is 4.79 Å². The molecule has 0 radical (unpaired) electrons. The quantitative estimate of drug-likeness (QED) is 0.549. The van der Waals surface area contributed by atoms with Gasteiger partial charge in [-0.2, -0.15) is 0 Å². The molecule has 0 aliphatic rings. The number of amides is 3. The number of imide groups is 1. The number of ether oxygens (including phenoxy) is 1. The Hall–Kier alpha value is -0.810. The number of halogens is 1. The van der Waals surface area contributed by atoms with Crippen molar-refractivity contribution in [2.45, 2.75) is 12.8 Å². The number of rotatable bonds is 6. The third-order valence-corrected chi connectivity index (χ3v) is 1.95. The summed E-state index contributed by atoms with van der Waals surface area (Å²) >= 11 is 5.36. The van der Waals surface area contributed by atoms with E-state index in [1.807, 2.05) is 0 Å². The average molecular weight is 237 g/mol. The van der Waals surface area contributed by atoms with Gasteiger partial charge in [0.25, 0.3) is 0 Å². The Kier molecular flexibility index (Phi) is 8.04. The van der Waals surface area contributed by atoms with Crippen molar-refractivity contribution in [1.29, 1.82) is 0 Å². The van der Waals surface area contributed by atoms with Crippen LogP contribution < -0.4 is 5.32 Å². The van der Waals surface area contributed by atoms with Crippen molar-refractivity contribution in [3.05, 3.63) is 0 Å². The van der Waals surface area contributed by atoms with E-state index in [1.165, 1.54) is 4.90 Å². The molecule has 0 atom stereocenters. The topological polar surface area (TPSA) is 58.6 Å². The molecule has 15 heavy (non-hydrogen) atoms. The van der Waals surface area contributed by atoms with Gasteiger partial charge >= 0.3 is 6.03 Å². The Labute approximate surface area is 94.7 Å². The molecule has 0 aromatic carbocycles. The van der Waals surface area contributed by atoms with Crippen molar-refractivity contribution < 1.29 is 14.3 Å². The van der Waals surface area contributed by atoms with Crippen molar-refractivity contribution in [3.63, 3.8) is 0 Å². The minimum atomic E-state index is -0.402. The van der Waals surface area contributed by atoms with Crippen molar-refractivity contribution in [3.8, 4) is 0 Å². The summed E-state index contributed by atoms with van der Waals surface area (Å²) in [5.41, 5.74) is 0. The number of urea groups is 1. The summed E-state index contributed by atoms with van der Waals surface area (Å²) in [7, 11) is 3.23. The van der Waals surface area contributed by atoms with Crippen LogP contribution in [0, 0.1) is 0 Å². The maximum absolute atomic E-state index is 11.3. The fourth-order valence-corrected chi connectivity index (χ4v) is 1.08.